The van der Waals surface area contributed by atoms with Crippen molar-refractivity contribution in [2.75, 3.05) is 11.9 Å². The molecule has 0 aliphatic rings. The van der Waals surface area contributed by atoms with Gasteiger partial charge in [0.2, 0.25) is 0 Å². The maximum Gasteiger partial charge on any atom is 0.122 e. The second-order valence-electron chi connectivity index (χ2n) is 4.52. The molecule has 1 aromatic carbocycles. The second kappa shape index (κ2) is 5.55. The van der Waals surface area contributed by atoms with E-state index < -0.39 is 0 Å². The van der Waals surface area contributed by atoms with E-state index in [9.17, 15) is 0 Å². The molecule has 0 aliphatic heterocycles. The second-order valence-corrected chi connectivity index (χ2v) is 5.08. The number of hydrogen-bond donors (Lipinski definition) is 0. The van der Waals surface area contributed by atoms with Crippen LogP contribution in [0.3, 0.4) is 0 Å². The van der Waals surface area contributed by atoms with Gasteiger partial charge in [0.05, 0.1) is 6.61 Å². The number of rotatable bonds is 5. The summed E-state index contributed by atoms with van der Waals surface area (Å²) in [7, 11) is 0. The van der Waals surface area contributed by atoms with Crippen molar-refractivity contribution >= 4 is 15.9 Å². The van der Waals surface area contributed by atoms with E-state index in [1.165, 1.54) is 5.56 Å². The van der Waals surface area contributed by atoms with Crippen LogP contribution in [0.2, 0.25) is 0 Å². The van der Waals surface area contributed by atoms with Gasteiger partial charge in [0.25, 0.3) is 0 Å². The molecule has 0 atom stereocenters. The molecule has 0 aromatic heterocycles. The van der Waals surface area contributed by atoms with E-state index in [1.54, 1.807) is 0 Å². The highest BCUT2D eigenvalue weighted by atomic mass is 79.9. The third-order valence-corrected chi connectivity index (χ3v) is 3.82. The quantitative estimate of drug-likeness (QED) is 0.734. The van der Waals surface area contributed by atoms with Crippen molar-refractivity contribution in [2.24, 2.45) is 5.41 Å². The van der Waals surface area contributed by atoms with E-state index in [0.29, 0.717) is 0 Å². The fourth-order valence-corrected chi connectivity index (χ4v) is 1.71. The molecule has 1 rings (SSSR count). The molecular weight excluding hydrogens is 252 g/mol. The molecule has 2 heteroatoms. The van der Waals surface area contributed by atoms with Crippen LogP contribution in [0.4, 0.5) is 0 Å². The summed E-state index contributed by atoms with van der Waals surface area (Å²) in [5.74, 6) is 1.02. The van der Waals surface area contributed by atoms with Crippen LogP contribution in [0.1, 0.15) is 26.3 Å². The standard InChI is InChI=1S/C13H19BrO/c1-4-15-12-8-6-5-7-11(12)9-13(2,3)10-14/h5-8H,4,9-10H2,1-3H3. The molecule has 0 fully saturated rings. The van der Waals surface area contributed by atoms with Gasteiger partial charge in [0.15, 0.2) is 0 Å². The molecular formula is C13H19BrO. The Morgan fingerprint density at radius 3 is 2.53 bits per heavy atom. The normalized spacial score (nSPS) is 11.5. The van der Waals surface area contributed by atoms with Crippen LogP contribution < -0.4 is 4.74 Å². The first-order chi connectivity index (χ1) is 7.09. The van der Waals surface area contributed by atoms with Crippen molar-refractivity contribution in [1.82, 2.24) is 0 Å². The Morgan fingerprint density at radius 1 is 1.27 bits per heavy atom. The minimum Gasteiger partial charge on any atom is -0.494 e. The van der Waals surface area contributed by atoms with Gasteiger partial charge in [-0.3, -0.25) is 0 Å². The van der Waals surface area contributed by atoms with Crippen LogP contribution in [0, 0.1) is 5.41 Å². The van der Waals surface area contributed by atoms with Gasteiger partial charge in [-0.15, -0.1) is 0 Å². The summed E-state index contributed by atoms with van der Waals surface area (Å²) < 4.78 is 5.61. The first-order valence-electron chi connectivity index (χ1n) is 5.36. The van der Waals surface area contributed by atoms with Crippen molar-refractivity contribution < 1.29 is 4.74 Å². The van der Waals surface area contributed by atoms with Crippen LogP contribution in [-0.4, -0.2) is 11.9 Å². The maximum absolute atomic E-state index is 5.61. The van der Waals surface area contributed by atoms with Crippen LogP contribution >= 0.6 is 15.9 Å². The average Bonchev–Trinajstić information content (AvgIpc) is 2.21. The predicted molar refractivity (Wildman–Crippen MR) is 68.9 cm³/mol. The van der Waals surface area contributed by atoms with Crippen LogP contribution in [0.15, 0.2) is 24.3 Å². The zero-order valence-corrected chi connectivity index (χ0v) is 11.3. The number of benzene rings is 1. The molecule has 1 nitrogen and oxygen atoms in total. The fraction of sp³-hybridized carbons (Fsp3) is 0.538. The third kappa shape index (κ3) is 3.86. The molecule has 1 aromatic rings. The largest absolute Gasteiger partial charge is 0.494 e. The van der Waals surface area contributed by atoms with Crippen LogP contribution in [0.5, 0.6) is 5.75 Å². The topological polar surface area (TPSA) is 9.23 Å². The SMILES string of the molecule is CCOc1ccccc1CC(C)(C)CBr. The van der Waals surface area contributed by atoms with Gasteiger partial charge in [0.1, 0.15) is 5.75 Å². The Hall–Kier alpha value is -0.500. The van der Waals surface area contributed by atoms with Crippen molar-refractivity contribution in [3.05, 3.63) is 29.8 Å². The lowest BCUT2D eigenvalue weighted by atomic mass is 9.88. The summed E-state index contributed by atoms with van der Waals surface area (Å²) in [5, 5.41) is 1.00. The maximum atomic E-state index is 5.61. The van der Waals surface area contributed by atoms with E-state index in [1.807, 2.05) is 19.1 Å². The molecule has 0 aliphatic carbocycles. The molecule has 0 saturated heterocycles. The summed E-state index contributed by atoms with van der Waals surface area (Å²) in [6, 6.07) is 8.29. The van der Waals surface area contributed by atoms with E-state index in [4.69, 9.17) is 4.74 Å². The monoisotopic (exact) mass is 270 g/mol. The molecule has 84 valence electrons. The summed E-state index contributed by atoms with van der Waals surface area (Å²) >= 11 is 3.55. The predicted octanol–water partition coefficient (Wildman–Crippen LogP) is 4.05. The number of alkyl halides is 1. The van der Waals surface area contributed by atoms with Crippen molar-refractivity contribution in [3.63, 3.8) is 0 Å². The molecule has 0 bridgehead atoms. The highest BCUT2D eigenvalue weighted by Crippen LogP contribution is 2.29. The number of ether oxygens (including phenoxy) is 1. The average molecular weight is 271 g/mol. The lowest BCUT2D eigenvalue weighted by Crippen LogP contribution is -2.17. The summed E-state index contributed by atoms with van der Waals surface area (Å²) in [4.78, 5) is 0. The lowest BCUT2D eigenvalue weighted by molar-refractivity contribution is 0.329. The van der Waals surface area contributed by atoms with Gasteiger partial charge in [-0.25, -0.2) is 0 Å². The summed E-state index contributed by atoms with van der Waals surface area (Å²) in [6.07, 6.45) is 1.04. The summed E-state index contributed by atoms with van der Waals surface area (Å²) in [6.45, 7) is 7.26. The number of hydrogen-bond acceptors (Lipinski definition) is 1. The Morgan fingerprint density at radius 2 is 1.93 bits per heavy atom. The van der Waals surface area contributed by atoms with Crippen molar-refractivity contribution in [3.8, 4) is 5.75 Å². The van der Waals surface area contributed by atoms with Gasteiger partial charge < -0.3 is 4.74 Å². The number of para-hydroxylation sites is 1. The van der Waals surface area contributed by atoms with Gasteiger partial charge in [-0.05, 0) is 30.4 Å². The third-order valence-electron chi connectivity index (χ3n) is 2.30. The van der Waals surface area contributed by atoms with E-state index >= 15 is 0 Å². The van der Waals surface area contributed by atoms with Gasteiger partial charge in [-0.2, -0.15) is 0 Å². The minimum absolute atomic E-state index is 0.271. The molecule has 0 N–H and O–H groups in total. The zero-order chi connectivity index (χ0) is 11.3. The first-order valence-corrected chi connectivity index (χ1v) is 6.48. The molecule has 0 spiro atoms. The Kier molecular flexibility index (Phi) is 4.65. The van der Waals surface area contributed by atoms with Crippen LogP contribution in [-0.2, 0) is 6.42 Å². The van der Waals surface area contributed by atoms with Gasteiger partial charge >= 0.3 is 0 Å². The molecule has 0 saturated carbocycles. The van der Waals surface area contributed by atoms with E-state index in [-0.39, 0.29) is 5.41 Å². The van der Waals surface area contributed by atoms with Crippen LogP contribution in [0.25, 0.3) is 0 Å². The molecule has 15 heavy (non-hydrogen) atoms. The highest BCUT2D eigenvalue weighted by molar-refractivity contribution is 9.09. The minimum atomic E-state index is 0.271. The Labute approximate surface area is 101 Å². The van der Waals surface area contributed by atoms with Crippen molar-refractivity contribution in [2.45, 2.75) is 27.2 Å². The Bertz CT molecular complexity index is 307. The van der Waals surface area contributed by atoms with Gasteiger partial charge in [0, 0.05) is 5.33 Å². The van der Waals surface area contributed by atoms with E-state index in [0.717, 1.165) is 24.1 Å². The zero-order valence-electron chi connectivity index (χ0n) is 9.72. The molecule has 0 unspecified atom stereocenters. The fourth-order valence-electron chi connectivity index (χ4n) is 1.51. The Balaban J connectivity index is 2.84. The van der Waals surface area contributed by atoms with Crippen molar-refractivity contribution in [1.29, 1.82) is 0 Å². The van der Waals surface area contributed by atoms with Gasteiger partial charge in [-0.1, -0.05) is 48.0 Å². The lowest BCUT2D eigenvalue weighted by Gasteiger charge is -2.23. The molecule has 0 radical (unpaired) electrons. The summed E-state index contributed by atoms with van der Waals surface area (Å²) in [5.41, 5.74) is 1.57. The van der Waals surface area contributed by atoms with E-state index in [2.05, 4.69) is 41.9 Å². The number of halogens is 1. The highest BCUT2D eigenvalue weighted by Gasteiger charge is 2.18. The first kappa shape index (κ1) is 12.6. The molecule has 0 heterocycles. The molecule has 0 amide bonds. The smallest absolute Gasteiger partial charge is 0.122 e.